The molecule has 0 bridgehead atoms. The summed E-state index contributed by atoms with van der Waals surface area (Å²) >= 11 is 1.51. The number of ether oxygens (including phenoxy) is 3. The summed E-state index contributed by atoms with van der Waals surface area (Å²) in [5.41, 5.74) is 0.906. The van der Waals surface area contributed by atoms with E-state index < -0.39 is 29.6 Å². The third-order valence-electron chi connectivity index (χ3n) is 8.15. The van der Waals surface area contributed by atoms with Gasteiger partial charge in [-0.15, -0.1) is 11.8 Å². The van der Waals surface area contributed by atoms with Gasteiger partial charge in [0.05, 0.1) is 18.3 Å². The van der Waals surface area contributed by atoms with Crippen LogP contribution in [0.15, 0.2) is 59.5 Å². The van der Waals surface area contributed by atoms with E-state index >= 15 is 0 Å². The van der Waals surface area contributed by atoms with Crippen molar-refractivity contribution in [2.24, 2.45) is 0 Å². The van der Waals surface area contributed by atoms with Crippen molar-refractivity contribution in [1.29, 1.82) is 0 Å². The predicted octanol–water partition coefficient (Wildman–Crippen LogP) is 6.11. The van der Waals surface area contributed by atoms with Crippen molar-refractivity contribution < 1.29 is 33.4 Å². The van der Waals surface area contributed by atoms with E-state index in [1.807, 2.05) is 59.5 Å². The van der Waals surface area contributed by atoms with Crippen molar-refractivity contribution in [2.75, 3.05) is 30.3 Å². The molecule has 0 spiro atoms. The largest absolute Gasteiger partial charge is 0.465 e. The first kappa shape index (κ1) is 36.3. The minimum Gasteiger partial charge on any atom is -0.465 e. The van der Waals surface area contributed by atoms with Crippen molar-refractivity contribution in [2.45, 2.75) is 108 Å². The number of carbonyl (C=O) groups is 4. The van der Waals surface area contributed by atoms with Gasteiger partial charge in [0.1, 0.15) is 24.8 Å². The van der Waals surface area contributed by atoms with E-state index in [0.717, 1.165) is 42.6 Å². The molecule has 1 saturated heterocycles. The number of fused-ring (bicyclic) bond motifs is 1. The Morgan fingerprint density at radius 2 is 1.74 bits per heavy atom. The number of hydrogen-bond acceptors (Lipinski definition) is 9. The van der Waals surface area contributed by atoms with Crippen LogP contribution in [0.2, 0.25) is 0 Å². The first-order valence-corrected chi connectivity index (χ1v) is 17.7. The Balaban J connectivity index is 1.37. The summed E-state index contributed by atoms with van der Waals surface area (Å²) < 4.78 is 16.6. The number of rotatable bonds is 13. The number of hydrogen-bond donors (Lipinski definition) is 1. The quantitative estimate of drug-likeness (QED) is 0.154. The van der Waals surface area contributed by atoms with E-state index in [-0.39, 0.29) is 37.8 Å². The van der Waals surface area contributed by atoms with Gasteiger partial charge in [-0.05, 0) is 77.5 Å². The maximum Gasteiger partial charge on any atom is 0.410 e. The highest BCUT2D eigenvalue weighted by molar-refractivity contribution is 7.99. The molecule has 3 atom stereocenters. The molecule has 47 heavy (non-hydrogen) atoms. The zero-order valence-corrected chi connectivity index (χ0v) is 28.9. The Labute approximate surface area is 282 Å². The lowest BCUT2D eigenvalue weighted by Crippen LogP contribution is -2.54. The molecule has 2 aromatic carbocycles. The molecule has 0 radical (unpaired) electrons. The second-order valence-corrected chi connectivity index (χ2v) is 14.0. The predicted molar refractivity (Wildman–Crippen MR) is 182 cm³/mol. The van der Waals surface area contributed by atoms with Crippen LogP contribution in [0.1, 0.15) is 78.2 Å². The van der Waals surface area contributed by atoms with Crippen LogP contribution in [0.5, 0.6) is 0 Å². The first-order chi connectivity index (χ1) is 22.6. The number of esters is 2. The number of benzene rings is 2. The molecular weight excluding hydrogens is 618 g/mol. The number of para-hydroxylation sites is 1. The maximum atomic E-state index is 13.9. The Bertz CT molecular complexity index is 1350. The zero-order chi connectivity index (χ0) is 33.8. The van der Waals surface area contributed by atoms with Crippen LogP contribution in [0.25, 0.3) is 0 Å². The fourth-order valence-electron chi connectivity index (χ4n) is 5.97. The van der Waals surface area contributed by atoms with Crippen LogP contribution in [-0.4, -0.2) is 78.0 Å². The van der Waals surface area contributed by atoms with E-state index in [0.29, 0.717) is 30.8 Å². The van der Waals surface area contributed by atoms with Gasteiger partial charge in [-0.25, -0.2) is 4.79 Å². The van der Waals surface area contributed by atoms with E-state index in [1.165, 1.54) is 16.7 Å². The van der Waals surface area contributed by atoms with Crippen LogP contribution < -0.4 is 10.2 Å². The summed E-state index contributed by atoms with van der Waals surface area (Å²) in [6.45, 7) is 8.03. The standard InChI is InChI=1S/C36H49N3O7S/c1-5-44-34(42)28(19-10-9-17-27-18-13-14-22-38(27)35(43)45-24-26-15-7-6-8-16-26)37-29-25-47-31-21-12-11-20-30(31)39(33(29)41)23-32(40)46-36(2,3)4/h6-8,11-12,15-16,20-21,27-29,37H,5,9-10,13-14,17-19,22-25H2,1-4H3/t27?,28-,29-/m0/s1. The first-order valence-electron chi connectivity index (χ1n) is 16.7. The molecule has 2 aliphatic rings. The van der Waals surface area contributed by atoms with Crippen molar-refractivity contribution in [3.8, 4) is 0 Å². The van der Waals surface area contributed by atoms with Gasteiger partial charge in [-0.3, -0.25) is 24.6 Å². The summed E-state index contributed by atoms with van der Waals surface area (Å²) in [4.78, 5) is 57.1. The number of amides is 2. The highest BCUT2D eigenvalue weighted by Crippen LogP contribution is 2.34. The van der Waals surface area contributed by atoms with E-state index in [2.05, 4.69) is 5.32 Å². The molecule has 2 aromatic rings. The molecule has 10 nitrogen and oxygen atoms in total. The number of nitrogens with one attached hydrogen (secondary N) is 1. The Morgan fingerprint density at radius 1 is 1.00 bits per heavy atom. The monoisotopic (exact) mass is 667 g/mol. The van der Waals surface area contributed by atoms with Gasteiger partial charge in [-0.1, -0.05) is 55.3 Å². The van der Waals surface area contributed by atoms with Gasteiger partial charge < -0.3 is 19.1 Å². The summed E-state index contributed by atoms with van der Waals surface area (Å²) in [5.74, 6) is -0.823. The van der Waals surface area contributed by atoms with Crippen molar-refractivity contribution in [1.82, 2.24) is 10.2 Å². The molecule has 0 saturated carbocycles. The van der Waals surface area contributed by atoms with Crippen LogP contribution in [0.3, 0.4) is 0 Å². The highest BCUT2D eigenvalue weighted by atomic mass is 32.2. The highest BCUT2D eigenvalue weighted by Gasteiger charge is 2.36. The SMILES string of the molecule is CCOC(=O)[C@H](CCCCC1CCCCN1C(=O)OCc1ccccc1)N[C@H]1CSc2ccccc2N(CC(=O)OC(C)(C)C)C1=O. The van der Waals surface area contributed by atoms with Crippen LogP contribution in [-0.2, 0) is 35.2 Å². The fourth-order valence-corrected chi connectivity index (χ4v) is 7.05. The van der Waals surface area contributed by atoms with Gasteiger partial charge >= 0.3 is 18.0 Å². The fraction of sp³-hybridized carbons (Fsp3) is 0.556. The average molecular weight is 668 g/mol. The molecule has 1 N–H and O–H groups in total. The summed E-state index contributed by atoms with van der Waals surface area (Å²) in [6.07, 6.45) is 5.42. The Kier molecular flexibility index (Phi) is 13.5. The molecule has 11 heteroatoms. The maximum absolute atomic E-state index is 13.9. The number of carbonyl (C=O) groups excluding carboxylic acids is 4. The van der Waals surface area contributed by atoms with Gasteiger partial charge in [0.25, 0.3) is 0 Å². The minimum absolute atomic E-state index is 0.0841. The molecule has 0 aliphatic carbocycles. The molecular formula is C36H49N3O7S. The topological polar surface area (TPSA) is 114 Å². The molecule has 1 fully saturated rings. The van der Waals surface area contributed by atoms with Gasteiger partial charge in [0, 0.05) is 23.2 Å². The van der Waals surface area contributed by atoms with Crippen LogP contribution >= 0.6 is 11.8 Å². The molecule has 2 heterocycles. The lowest BCUT2D eigenvalue weighted by atomic mass is 9.96. The normalized spacial score (nSPS) is 18.9. The average Bonchev–Trinajstić information content (AvgIpc) is 3.17. The zero-order valence-electron chi connectivity index (χ0n) is 28.1. The third-order valence-corrected chi connectivity index (χ3v) is 9.31. The van der Waals surface area contributed by atoms with Crippen molar-refractivity contribution in [3.63, 3.8) is 0 Å². The second kappa shape index (κ2) is 17.5. The van der Waals surface area contributed by atoms with Crippen LogP contribution in [0, 0.1) is 0 Å². The third kappa shape index (κ3) is 11.0. The molecule has 4 rings (SSSR count). The van der Waals surface area contributed by atoms with Gasteiger partial charge in [0.15, 0.2) is 0 Å². The number of nitrogens with zero attached hydrogens (tertiary/aromatic N) is 2. The van der Waals surface area contributed by atoms with Crippen molar-refractivity contribution >= 4 is 41.4 Å². The second-order valence-electron chi connectivity index (χ2n) is 13.0. The van der Waals surface area contributed by atoms with E-state index in [9.17, 15) is 19.2 Å². The minimum atomic E-state index is -0.725. The number of anilines is 1. The lowest BCUT2D eigenvalue weighted by Gasteiger charge is -2.35. The lowest BCUT2D eigenvalue weighted by molar-refractivity contribution is -0.154. The molecule has 256 valence electrons. The van der Waals surface area contributed by atoms with Crippen LogP contribution in [0.4, 0.5) is 10.5 Å². The number of piperidine rings is 1. The molecule has 2 amide bonds. The van der Waals surface area contributed by atoms with E-state index in [4.69, 9.17) is 14.2 Å². The van der Waals surface area contributed by atoms with E-state index in [1.54, 1.807) is 27.7 Å². The smallest absolute Gasteiger partial charge is 0.410 e. The Hall–Kier alpha value is -3.57. The number of likely N-dealkylation sites (tertiary alicyclic amines) is 1. The summed E-state index contributed by atoms with van der Waals surface area (Å²) in [5, 5.41) is 3.29. The van der Waals surface area contributed by atoms with Gasteiger partial charge in [0.2, 0.25) is 5.91 Å². The number of unbranched alkanes of at least 4 members (excludes halogenated alkanes) is 1. The summed E-state index contributed by atoms with van der Waals surface area (Å²) in [7, 11) is 0. The molecule has 1 unspecified atom stereocenters. The Morgan fingerprint density at radius 3 is 2.49 bits per heavy atom. The molecule has 0 aromatic heterocycles. The van der Waals surface area contributed by atoms with Crippen molar-refractivity contribution in [3.05, 3.63) is 60.2 Å². The van der Waals surface area contributed by atoms with Gasteiger partial charge in [-0.2, -0.15) is 0 Å². The summed E-state index contributed by atoms with van der Waals surface area (Å²) in [6, 6.07) is 15.8. The molecule has 2 aliphatic heterocycles. The number of thioether (sulfide) groups is 1.